The first kappa shape index (κ1) is 18.6. The van der Waals surface area contributed by atoms with Crippen LogP contribution in [0.1, 0.15) is 63.3 Å². The van der Waals surface area contributed by atoms with E-state index in [9.17, 15) is 5.11 Å². The van der Waals surface area contributed by atoms with Gasteiger partial charge in [-0.15, -0.1) is 0 Å². The lowest BCUT2D eigenvalue weighted by atomic mass is 9.99. The lowest BCUT2D eigenvalue weighted by Crippen LogP contribution is -2.42. The minimum Gasteiger partial charge on any atom is -0.394 e. The molecule has 2 N–H and O–H groups in total. The highest BCUT2D eigenvalue weighted by Crippen LogP contribution is 2.25. The molecule has 7 heteroatoms. The topological polar surface area (TPSA) is 87.3 Å². The average Bonchev–Trinajstić information content (AvgIpc) is 3.16. The summed E-state index contributed by atoms with van der Waals surface area (Å²) in [6.07, 6.45) is 6.97. The van der Waals surface area contributed by atoms with E-state index in [1.807, 2.05) is 12.1 Å². The molecule has 1 atom stereocenters. The van der Waals surface area contributed by atoms with Gasteiger partial charge in [-0.2, -0.15) is 0 Å². The van der Waals surface area contributed by atoms with Gasteiger partial charge in [-0.25, -0.2) is 9.97 Å². The summed E-state index contributed by atoms with van der Waals surface area (Å²) < 4.78 is 5.45. The number of piperidine rings is 1. The lowest BCUT2D eigenvalue weighted by molar-refractivity contribution is 0.239. The third-order valence-corrected chi connectivity index (χ3v) is 5.21. The van der Waals surface area contributed by atoms with Crippen molar-refractivity contribution in [1.29, 1.82) is 0 Å². The Kier molecular flexibility index (Phi) is 6.44. The van der Waals surface area contributed by atoms with E-state index in [1.54, 1.807) is 6.33 Å². The van der Waals surface area contributed by atoms with Crippen LogP contribution < -0.4 is 10.2 Å². The van der Waals surface area contributed by atoms with Gasteiger partial charge in [0.05, 0.1) is 24.9 Å². The summed E-state index contributed by atoms with van der Waals surface area (Å²) in [5.74, 6) is 2.86. The molecule has 3 heterocycles. The van der Waals surface area contributed by atoms with E-state index in [0.717, 1.165) is 61.7 Å². The van der Waals surface area contributed by atoms with Gasteiger partial charge in [0, 0.05) is 24.6 Å². The summed E-state index contributed by atoms with van der Waals surface area (Å²) in [7, 11) is 0. The highest BCUT2D eigenvalue weighted by atomic mass is 16.5. The highest BCUT2D eigenvalue weighted by molar-refractivity contribution is 5.49. The molecule has 0 bridgehead atoms. The van der Waals surface area contributed by atoms with Crippen LogP contribution in [0.4, 0.5) is 11.6 Å². The van der Waals surface area contributed by atoms with Gasteiger partial charge in [-0.1, -0.05) is 19.0 Å². The number of rotatable bonds is 8. The van der Waals surface area contributed by atoms with Crippen molar-refractivity contribution in [3.63, 3.8) is 0 Å². The largest absolute Gasteiger partial charge is 0.394 e. The van der Waals surface area contributed by atoms with Crippen LogP contribution in [0.3, 0.4) is 0 Å². The van der Waals surface area contributed by atoms with E-state index in [4.69, 9.17) is 4.52 Å². The van der Waals surface area contributed by atoms with Crippen molar-refractivity contribution in [1.82, 2.24) is 15.1 Å². The lowest BCUT2D eigenvalue weighted by Gasteiger charge is -2.35. The monoisotopic (exact) mass is 359 g/mol. The molecule has 0 saturated carbocycles. The van der Waals surface area contributed by atoms with E-state index >= 15 is 0 Å². The van der Waals surface area contributed by atoms with Crippen LogP contribution in [0.2, 0.25) is 0 Å². The van der Waals surface area contributed by atoms with Crippen molar-refractivity contribution in [3.05, 3.63) is 29.9 Å². The molecule has 142 valence electrons. The van der Waals surface area contributed by atoms with Crippen LogP contribution in [0.5, 0.6) is 0 Å². The summed E-state index contributed by atoms with van der Waals surface area (Å²) in [4.78, 5) is 10.9. The average molecular weight is 359 g/mol. The van der Waals surface area contributed by atoms with E-state index in [2.05, 4.69) is 39.2 Å². The SMILES string of the molecule is CCC(CC)c1cc(CNc2cc(N3CCCCC3CO)ncn2)on1. The predicted octanol–water partition coefficient (Wildman–Crippen LogP) is 3.33. The Balaban J connectivity index is 1.64. The minimum atomic E-state index is 0.142. The smallest absolute Gasteiger partial charge is 0.156 e. The van der Waals surface area contributed by atoms with Crippen molar-refractivity contribution in [2.24, 2.45) is 0 Å². The molecule has 1 saturated heterocycles. The van der Waals surface area contributed by atoms with Gasteiger partial charge in [0.1, 0.15) is 18.0 Å². The second kappa shape index (κ2) is 8.98. The van der Waals surface area contributed by atoms with E-state index in [0.29, 0.717) is 12.5 Å². The number of aliphatic hydroxyl groups is 1. The quantitative estimate of drug-likeness (QED) is 0.747. The van der Waals surface area contributed by atoms with Gasteiger partial charge in [0.15, 0.2) is 5.76 Å². The van der Waals surface area contributed by atoms with Gasteiger partial charge >= 0.3 is 0 Å². The first-order valence-corrected chi connectivity index (χ1v) is 9.64. The summed E-state index contributed by atoms with van der Waals surface area (Å²) in [5.41, 5.74) is 1.02. The molecule has 2 aromatic rings. The number of hydrogen-bond acceptors (Lipinski definition) is 7. The van der Waals surface area contributed by atoms with Crippen LogP contribution in [0.25, 0.3) is 0 Å². The zero-order valence-corrected chi connectivity index (χ0v) is 15.7. The van der Waals surface area contributed by atoms with Crippen LogP contribution >= 0.6 is 0 Å². The molecular formula is C19H29N5O2. The van der Waals surface area contributed by atoms with E-state index in [1.165, 1.54) is 0 Å². The number of nitrogens with zero attached hydrogens (tertiary/aromatic N) is 4. The van der Waals surface area contributed by atoms with Gasteiger partial charge in [0.2, 0.25) is 0 Å². The van der Waals surface area contributed by atoms with E-state index < -0.39 is 0 Å². The van der Waals surface area contributed by atoms with Crippen LogP contribution in [0, 0.1) is 0 Å². The predicted molar refractivity (Wildman–Crippen MR) is 101 cm³/mol. The highest BCUT2D eigenvalue weighted by Gasteiger charge is 2.23. The number of aromatic nitrogens is 3. The second-order valence-corrected chi connectivity index (χ2v) is 6.87. The summed E-state index contributed by atoms with van der Waals surface area (Å²) in [5, 5.41) is 17.1. The molecule has 1 aliphatic heterocycles. The van der Waals surface area contributed by atoms with Crippen LogP contribution in [0.15, 0.2) is 23.0 Å². The zero-order chi connectivity index (χ0) is 18.4. The van der Waals surface area contributed by atoms with Crippen molar-refractivity contribution in [2.45, 2.75) is 64.5 Å². The first-order valence-electron chi connectivity index (χ1n) is 9.64. The fourth-order valence-electron chi connectivity index (χ4n) is 3.58. The number of nitrogens with one attached hydrogen (secondary N) is 1. The third-order valence-electron chi connectivity index (χ3n) is 5.21. The summed E-state index contributed by atoms with van der Waals surface area (Å²) in [6.45, 7) is 5.95. The molecule has 3 rings (SSSR count). The molecule has 26 heavy (non-hydrogen) atoms. The molecule has 0 aliphatic carbocycles. The molecule has 7 nitrogen and oxygen atoms in total. The normalized spacial score (nSPS) is 17.7. The summed E-state index contributed by atoms with van der Waals surface area (Å²) in [6, 6.07) is 4.11. The molecule has 1 unspecified atom stereocenters. The second-order valence-electron chi connectivity index (χ2n) is 6.87. The Morgan fingerprint density at radius 1 is 1.27 bits per heavy atom. The van der Waals surface area contributed by atoms with Gasteiger partial charge in [-0.05, 0) is 32.1 Å². The molecule has 0 radical (unpaired) electrons. The minimum absolute atomic E-state index is 0.142. The fraction of sp³-hybridized carbons (Fsp3) is 0.632. The zero-order valence-electron chi connectivity index (χ0n) is 15.7. The molecular weight excluding hydrogens is 330 g/mol. The standard InChI is InChI=1S/C19H29N5O2/c1-3-14(4-2)17-9-16(26-23-17)11-20-18-10-19(22-13-21-18)24-8-6-5-7-15(24)12-25/h9-10,13-15,25H,3-8,11-12H2,1-2H3,(H,20,21,22). The van der Waals surface area contributed by atoms with Crippen molar-refractivity contribution >= 4 is 11.6 Å². The van der Waals surface area contributed by atoms with Gasteiger partial charge < -0.3 is 19.8 Å². The maximum Gasteiger partial charge on any atom is 0.156 e. The van der Waals surface area contributed by atoms with Crippen molar-refractivity contribution in [3.8, 4) is 0 Å². The Morgan fingerprint density at radius 2 is 2.12 bits per heavy atom. The maximum absolute atomic E-state index is 9.61. The van der Waals surface area contributed by atoms with Gasteiger partial charge in [0.25, 0.3) is 0 Å². The number of aliphatic hydroxyl groups excluding tert-OH is 1. The molecule has 0 aromatic carbocycles. The van der Waals surface area contributed by atoms with Gasteiger partial charge in [-0.3, -0.25) is 0 Å². The van der Waals surface area contributed by atoms with Crippen LogP contribution in [-0.2, 0) is 6.54 Å². The maximum atomic E-state index is 9.61. The third kappa shape index (κ3) is 4.33. The van der Waals surface area contributed by atoms with Crippen molar-refractivity contribution in [2.75, 3.05) is 23.4 Å². The Morgan fingerprint density at radius 3 is 2.88 bits per heavy atom. The van der Waals surface area contributed by atoms with Crippen LogP contribution in [-0.4, -0.2) is 39.4 Å². The first-order chi connectivity index (χ1) is 12.7. The number of hydrogen-bond donors (Lipinski definition) is 2. The molecule has 1 aliphatic rings. The number of anilines is 2. The van der Waals surface area contributed by atoms with Crippen molar-refractivity contribution < 1.29 is 9.63 Å². The molecule has 0 spiro atoms. The molecule has 0 amide bonds. The molecule has 2 aromatic heterocycles. The Hall–Kier alpha value is -2.15. The van der Waals surface area contributed by atoms with E-state index in [-0.39, 0.29) is 12.6 Å². The Labute approximate surface area is 154 Å². The fourth-order valence-corrected chi connectivity index (χ4v) is 3.58. The molecule has 1 fully saturated rings. The summed E-state index contributed by atoms with van der Waals surface area (Å²) >= 11 is 0. The Bertz CT molecular complexity index is 686.